The number of hydrogen-bond donors (Lipinski definition) is 1. The molecule has 8 nitrogen and oxygen atoms in total. The Kier molecular flexibility index (Phi) is 6.63. The first kappa shape index (κ1) is 19.6. The number of carbonyl (C=O) groups excluding carboxylic acids is 1. The highest BCUT2D eigenvalue weighted by Crippen LogP contribution is 2.18. The van der Waals surface area contributed by atoms with Gasteiger partial charge >= 0.3 is 0 Å². The van der Waals surface area contributed by atoms with Gasteiger partial charge in [-0.05, 0) is 25.8 Å². The van der Waals surface area contributed by atoms with Crippen molar-refractivity contribution in [1.29, 1.82) is 0 Å². The fourth-order valence-corrected chi connectivity index (χ4v) is 3.48. The minimum Gasteiger partial charge on any atom is -0.375 e. The summed E-state index contributed by atoms with van der Waals surface area (Å²) < 4.78 is 8.96. The molecule has 3 heterocycles. The van der Waals surface area contributed by atoms with Gasteiger partial charge in [-0.25, -0.2) is 0 Å². The number of amides is 1. The van der Waals surface area contributed by atoms with Gasteiger partial charge in [0.25, 0.3) is 0 Å². The molecule has 0 bridgehead atoms. The van der Waals surface area contributed by atoms with Gasteiger partial charge in [-0.2, -0.15) is 10.2 Å². The molecule has 0 aromatic carbocycles. The Bertz CT molecular complexity index is 766. The zero-order valence-electron chi connectivity index (χ0n) is 16.6. The molecule has 8 heteroatoms. The van der Waals surface area contributed by atoms with Crippen molar-refractivity contribution in [2.45, 2.75) is 59.4 Å². The van der Waals surface area contributed by atoms with Crippen molar-refractivity contribution < 1.29 is 9.53 Å². The smallest absolute Gasteiger partial charge is 0.246 e. The maximum Gasteiger partial charge on any atom is 0.246 e. The third-order valence-corrected chi connectivity index (χ3v) is 4.78. The Morgan fingerprint density at radius 1 is 1.33 bits per heavy atom. The van der Waals surface area contributed by atoms with Gasteiger partial charge in [-0.15, -0.1) is 0 Å². The minimum absolute atomic E-state index is 0.0758. The number of ether oxygens (including phenoxy) is 1. The fourth-order valence-electron chi connectivity index (χ4n) is 3.48. The van der Waals surface area contributed by atoms with Crippen LogP contribution in [0.5, 0.6) is 0 Å². The first-order chi connectivity index (χ1) is 13.1. The van der Waals surface area contributed by atoms with Crippen LogP contribution in [0.15, 0.2) is 12.3 Å². The van der Waals surface area contributed by atoms with Crippen molar-refractivity contribution in [1.82, 2.24) is 29.8 Å². The molecule has 0 radical (unpaired) electrons. The molecule has 148 valence electrons. The number of nitrogens with one attached hydrogen (secondary N) is 1. The summed E-state index contributed by atoms with van der Waals surface area (Å²) in [6, 6.07) is 2.10. The van der Waals surface area contributed by atoms with E-state index >= 15 is 0 Å². The van der Waals surface area contributed by atoms with E-state index in [4.69, 9.17) is 4.74 Å². The van der Waals surface area contributed by atoms with E-state index in [1.165, 1.54) is 18.4 Å². The molecule has 1 amide bonds. The number of hydrogen-bond acceptors (Lipinski definition) is 5. The summed E-state index contributed by atoms with van der Waals surface area (Å²) in [4.78, 5) is 14.0. The largest absolute Gasteiger partial charge is 0.375 e. The van der Waals surface area contributed by atoms with Crippen molar-refractivity contribution in [3.63, 3.8) is 0 Å². The van der Waals surface area contributed by atoms with E-state index in [2.05, 4.69) is 51.2 Å². The lowest BCUT2D eigenvalue weighted by atomic mass is 10.2. The Labute approximate surface area is 160 Å². The predicted molar refractivity (Wildman–Crippen MR) is 102 cm³/mol. The van der Waals surface area contributed by atoms with Gasteiger partial charge in [0.2, 0.25) is 5.91 Å². The molecule has 27 heavy (non-hydrogen) atoms. The number of fused-ring (bicyclic) bond motifs is 1. The van der Waals surface area contributed by atoms with Crippen LogP contribution in [0.1, 0.15) is 42.4 Å². The lowest BCUT2D eigenvalue weighted by Gasteiger charge is -2.18. The zero-order valence-corrected chi connectivity index (χ0v) is 16.6. The van der Waals surface area contributed by atoms with Gasteiger partial charge < -0.3 is 10.1 Å². The summed E-state index contributed by atoms with van der Waals surface area (Å²) in [6.07, 6.45) is 4.33. The quantitative estimate of drug-likeness (QED) is 0.757. The summed E-state index contributed by atoms with van der Waals surface area (Å²) in [6.45, 7) is 9.45. The van der Waals surface area contributed by atoms with E-state index < -0.39 is 0 Å². The number of aromatic nitrogens is 4. The third-order valence-electron chi connectivity index (χ3n) is 4.78. The maximum atomic E-state index is 11.6. The second kappa shape index (κ2) is 9.14. The summed E-state index contributed by atoms with van der Waals surface area (Å²) in [7, 11) is 1.51. The molecule has 1 aliphatic heterocycles. The van der Waals surface area contributed by atoms with Crippen molar-refractivity contribution >= 4 is 5.91 Å². The second-order valence-corrected chi connectivity index (χ2v) is 7.13. The van der Waals surface area contributed by atoms with Crippen LogP contribution in [0.2, 0.25) is 0 Å². The van der Waals surface area contributed by atoms with E-state index in [9.17, 15) is 4.79 Å². The molecule has 0 saturated carbocycles. The fraction of sp³-hybridized carbons (Fsp3) is 0.632. The lowest BCUT2D eigenvalue weighted by molar-refractivity contribution is -0.124. The van der Waals surface area contributed by atoms with Crippen molar-refractivity contribution in [2.75, 3.05) is 20.3 Å². The van der Waals surface area contributed by atoms with Crippen LogP contribution in [0.3, 0.4) is 0 Å². The van der Waals surface area contributed by atoms with Gasteiger partial charge in [0.1, 0.15) is 6.61 Å². The molecule has 1 aliphatic rings. The van der Waals surface area contributed by atoms with E-state index in [1.807, 2.05) is 4.68 Å². The number of methoxy groups -OCH3 is 1. The Hall–Kier alpha value is -2.19. The van der Waals surface area contributed by atoms with Crippen LogP contribution in [0.4, 0.5) is 0 Å². The van der Waals surface area contributed by atoms with E-state index in [1.54, 1.807) is 0 Å². The highest BCUT2D eigenvalue weighted by atomic mass is 16.5. The molecule has 0 spiro atoms. The molecule has 0 atom stereocenters. The number of nitrogens with zero attached hydrogens (tertiary/aromatic N) is 5. The highest BCUT2D eigenvalue weighted by molar-refractivity contribution is 5.77. The number of carbonyl (C=O) groups is 1. The number of rotatable bonds is 8. The monoisotopic (exact) mass is 374 g/mol. The van der Waals surface area contributed by atoms with Crippen LogP contribution < -0.4 is 5.32 Å². The molecule has 0 fully saturated rings. The summed E-state index contributed by atoms with van der Waals surface area (Å²) in [5.41, 5.74) is 4.50. The molecule has 3 rings (SSSR count). The Morgan fingerprint density at radius 3 is 2.96 bits per heavy atom. The third kappa shape index (κ3) is 5.17. The van der Waals surface area contributed by atoms with E-state index in [0.717, 1.165) is 57.0 Å². The molecule has 2 aromatic heterocycles. The van der Waals surface area contributed by atoms with Gasteiger partial charge in [-0.1, -0.05) is 6.92 Å². The molecule has 1 N–H and O–H groups in total. The van der Waals surface area contributed by atoms with Gasteiger partial charge in [-0.3, -0.25) is 19.1 Å². The van der Waals surface area contributed by atoms with Crippen LogP contribution in [-0.4, -0.2) is 50.6 Å². The van der Waals surface area contributed by atoms with Crippen molar-refractivity contribution in [3.8, 4) is 0 Å². The highest BCUT2D eigenvalue weighted by Gasteiger charge is 2.18. The van der Waals surface area contributed by atoms with E-state index in [-0.39, 0.29) is 12.5 Å². The van der Waals surface area contributed by atoms with Crippen molar-refractivity contribution in [2.24, 2.45) is 0 Å². The summed E-state index contributed by atoms with van der Waals surface area (Å²) in [5.74, 6) is -0.123. The Morgan fingerprint density at radius 2 is 2.19 bits per heavy atom. The molecule has 0 saturated heterocycles. The Balaban J connectivity index is 1.62. The van der Waals surface area contributed by atoms with Crippen molar-refractivity contribution in [3.05, 3.63) is 34.9 Å². The first-order valence-electron chi connectivity index (χ1n) is 9.65. The standard InChI is InChI=1S/C19H30N6O2/c1-4-6-24-12-16(15(2)21-24)11-23-7-5-8-25-18(13-23)9-17(22-25)10-20-19(26)14-27-3/h9,12H,4-8,10-11,13-14H2,1-3H3,(H,20,26). The summed E-state index contributed by atoms with van der Waals surface area (Å²) >= 11 is 0. The second-order valence-electron chi connectivity index (χ2n) is 7.13. The number of aryl methyl sites for hydroxylation is 3. The van der Waals surface area contributed by atoms with E-state index in [0.29, 0.717) is 6.54 Å². The first-order valence-corrected chi connectivity index (χ1v) is 9.65. The SMILES string of the molecule is CCCn1cc(CN2CCCn3nc(CNC(=O)COC)cc3C2)c(C)n1. The average molecular weight is 374 g/mol. The van der Waals surface area contributed by atoms with Crippen LogP contribution in [0, 0.1) is 6.92 Å². The maximum absolute atomic E-state index is 11.6. The lowest BCUT2D eigenvalue weighted by Crippen LogP contribution is -2.26. The van der Waals surface area contributed by atoms with Gasteiger partial charge in [0, 0.05) is 51.6 Å². The molecule has 0 unspecified atom stereocenters. The van der Waals surface area contributed by atoms with Gasteiger partial charge in [0.15, 0.2) is 0 Å². The average Bonchev–Trinajstić information content (AvgIpc) is 3.11. The van der Waals surface area contributed by atoms with Gasteiger partial charge in [0.05, 0.1) is 23.6 Å². The molecule has 2 aromatic rings. The normalized spacial score (nSPS) is 14.8. The summed E-state index contributed by atoms with van der Waals surface area (Å²) in [5, 5.41) is 12.1. The zero-order chi connectivity index (χ0) is 19.2. The molecule has 0 aliphatic carbocycles. The minimum atomic E-state index is -0.123. The van der Waals surface area contributed by atoms with Crippen LogP contribution in [-0.2, 0) is 42.3 Å². The molecular weight excluding hydrogens is 344 g/mol. The predicted octanol–water partition coefficient (Wildman–Crippen LogP) is 1.47. The van der Waals surface area contributed by atoms with Crippen LogP contribution in [0.25, 0.3) is 0 Å². The molecular formula is C19H30N6O2. The van der Waals surface area contributed by atoms with Crippen LogP contribution >= 0.6 is 0 Å². The topological polar surface area (TPSA) is 77.2 Å².